The van der Waals surface area contributed by atoms with E-state index in [1.165, 1.54) is 6.42 Å². The quantitative estimate of drug-likeness (QED) is 0.491. The van der Waals surface area contributed by atoms with E-state index in [2.05, 4.69) is 32.7 Å². The molecule has 192 valence electrons. The lowest BCUT2D eigenvalue weighted by Gasteiger charge is -2.40. The third-order valence-electron chi connectivity index (χ3n) is 7.64. The van der Waals surface area contributed by atoms with Crippen molar-refractivity contribution in [3.05, 3.63) is 65.4 Å². The fraction of sp³-hybridized carbons (Fsp3) is 0.464. The zero-order valence-electron chi connectivity index (χ0n) is 20.6. The van der Waals surface area contributed by atoms with Crippen LogP contribution >= 0.6 is 0 Å². The van der Waals surface area contributed by atoms with Gasteiger partial charge in [0, 0.05) is 62.1 Å². The third kappa shape index (κ3) is 4.89. The predicted octanol–water partition coefficient (Wildman–Crippen LogP) is 5.68. The molecule has 8 heteroatoms. The maximum atomic E-state index is 13.3. The van der Waals surface area contributed by atoms with Gasteiger partial charge in [-0.15, -0.1) is 0 Å². The Hall–Kier alpha value is -2.84. The van der Waals surface area contributed by atoms with E-state index in [1.807, 2.05) is 12.1 Å². The van der Waals surface area contributed by atoms with Crippen molar-refractivity contribution in [1.29, 1.82) is 0 Å². The number of halogens is 3. The van der Waals surface area contributed by atoms with Gasteiger partial charge in [0.05, 0.1) is 11.6 Å². The topological polar surface area (TPSA) is 42.8 Å². The number of benzene rings is 2. The number of piperazine rings is 1. The molecule has 0 aliphatic carbocycles. The van der Waals surface area contributed by atoms with E-state index in [-0.39, 0.29) is 11.8 Å². The molecule has 1 atom stereocenters. The molecule has 2 fully saturated rings. The lowest BCUT2D eigenvalue weighted by Crippen LogP contribution is -2.47. The molecule has 0 radical (unpaired) electrons. The fourth-order valence-electron chi connectivity index (χ4n) is 5.61. The largest absolute Gasteiger partial charge is 0.505 e. The van der Waals surface area contributed by atoms with Crippen LogP contribution in [0.5, 0.6) is 5.75 Å². The van der Waals surface area contributed by atoms with E-state index in [0.717, 1.165) is 87.4 Å². The van der Waals surface area contributed by atoms with Gasteiger partial charge in [0.15, 0.2) is 0 Å². The molecule has 0 spiro atoms. The molecule has 3 heterocycles. The molecule has 5 rings (SSSR count). The monoisotopic (exact) mass is 498 g/mol. The van der Waals surface area contributed by atoms with Crippen molar-refractivity contribution < 1.29 is 18.3 Å². The molecule has 0 amide bonds. The summed E-state index contributed by atoms with van der Waals surface area (Å²) in [5, 5.41) is 12.4. The Morgan fingerprint density at radius 2 is 1.64 bits per heavy atom. The first kappa shape index (κ1) is 24.8. The van der Waals surface area contributed by atoms with Gasteiger partial charge in [0.1, 0.15) is 11.3 Å². The number of fused-ring (bicyclic) bond motifs is 1. The van der Waals surface area contributed by atoms with Crippen molar-refractivity contribution in [2.24, 2.45) is 0 Å². The second-order valence-corrected chi connectivity index (χ2v) is 9.77. The number of nitrogens with zero attached hydrogens (tertiary/aromatic N) is 4. The Morgan fingerprint density at radius 3 is 2.28 bits per heavy atom. The van der Waals surface area contributed by atoms with Gasteiger partial charge < -0.3 is 14.9 Å². The van der Waals surface area contributed by atoms with Crippen LogP contribution in [0.4, 0.5) is 18.9 Å². The van der Waals surface area contributed by atoms with Gasteiger partial charge in [0.2, 0.25) is 0 Å². The van der Waals surface area contributed by atoms with Gasteiger partial charge >= 0.3 is 6.18 Å². The highest BCUT2D eigenvalue weighted by atomic mass is 19.4. The van der Waals surface area contributed by atoms with Crippen LogP contribution < -0.4 is 4.90 Å². The second-order valence-electron chi connectivity index (χ2n) is 9.77. The number of phenolic OH excluding ortho intramolecular Hbond substituents is 1. The molecule has 1 N–H and O–H groups in total. The number of hydrogen-bond donors (Lipinski definition) is 1. The number of hydrogen-bond acceptors (Lipinski definition) is 5. The number of likely N-dealkylation sites (N-methyl/N-ethyl adjacent to an activating group) is 1. The first-order valence-corrected chi connectivity index (χ1v) is 12.9. The highest BCUT2D eigenvalue weighted by Gasteiger charge is 2.33. The maximum Gasteiger partial charge on any atom is 0.416 e. The van der Waals surface area contributed by atoms with Gasteiger partial charge in [-0.05, 0) is 61.7 Å². The minimum Gasteiger partial charge on any atom is -0.505 e. The van der Waals surface area contributed by atoms with Gasteiger partial charge in [-0.2, -0.15) is 13.2 Å². The minimum atomic E-state index is -4.39. The zero-order valence-corrected chi connectivity index (χ0v) is 20.6. The van der Waals surface area contributed by atoms with Crippen molar-refractivity contribution in [3.8, 4) is 5.75 Å². The number of aromatic nitrogens is 1. The first-order valence-electron chi connectivity index (χ1n) is 12.9. The summed E-state index contributed by atoms with van der Waals surface area (Å²) in [5.41, 5.74) is 2.35. The molecule has 5 nitrogen and oxygen atoms in total. The summed E-state index contributed by atoms with van der Waals surface area (Å²) in [5.74, 6) is 0.106. The van der Waals surface area contributed by atoms with E-state index in [4.69, 9.17) is 0 Å². The summed E-state index contributed by atoms with van der Waals surface area (Å²) in [6.45, 7) is 8.25. The fourth-order valence-corrected chi connectivity index (χ4v) is 5.61. The van der Waals surface area contributed by atoms with Gasteiger partial charge in [0.25, 0.3) is 0 Å². The van der Waals surface area contributed by atoms with Crippen LogP contribution in [0, 0.1) is 0 Å². The normalized spacial score (nSPS) is 19.1. The van der Waals surface area contributed by atoms with Crippen molar-refractivity contribution in [2.75, 3.05) is 50.7 Å². The van der Waals surface area contributed by atoms with E-state index in [9.17, 15) is 18.3 Å². The molecular weight excluding hydrogens is 465 g/mol. The summed E-state index contributed by atoms with van der Waals surface area (Å²) in [7, 11) is 0. The first-order chi connectivity index (χ1) is 17.4. The van der Waals surface area contributed by atoms with E-state index in [0.29, 0.717) is 11.1 Å². The molecule has 3 aromatic rings. The molecule has 2 aliphatic rings. The number of aromatic hydroxyl groups is 1. The average Bonchev–Trinajstić information content (AvgIpc) is 2.91. The average molecular weight is 499 g/mol. The molecule has 1 unspecified atom stereocenters. The van der Waals surface area contributed by atoms with E-state index < -0.39 is 11.7 Å². The number of phenols is 1. The number of rotatable bonds is 5. The van der Waals surface area contributed by atoms with Crippen molar-refractivity contribution >= 4 is 16.6 Å². The standard InChI is InChI=1S/C28H33F3N4O/c1-2-33-15-17-35(18-16-33)26(20-8-10-21(11-9-20)28(29,30)31)23-19-24(34-13-4-3-5-14-34)22-7-6-12-32-25(22)27(23)36/h6-12,19,26,36H,2-5,13-18H2,1H3. The molecule has 0 saturated carbocycles. The molecule has 36 heavy (non-hydrogen) atoms. The molecular formula is C28H33F3N4O. The second kappa shape index (κ2) is 10.3. The zero-order chi connectivity index (χ0) is 25.3. The smallest absolute Gasteiger partial charge is 0.416 e. The van der Waals surface area contributed by atoms with Crippen LogP contribution in [0.1, 0.15) is 48.9 Å². The highest BCUT2D eigenvalue weighted by Crippen LogP contribution is 2.43. The van der Waals surface area contributed by atoms with Crippen LogP contribution in [0.2, 0.25) is 0 Å². The molecule has 0 bridgehead atoms. The van der Waals surface area contributed by atoms with Gasteiger partial charge in [-0.25, -0.2) is 0 Å². The predicted molar refractivity (Wildman–Crippen MR) is 136 cm³/mol. The van der Waals surface area contributed by atoms with Crippen LogP contribution in [0.25, 0.3) is 10.9 Å². The summed E-state index contributed by atoms with van der Waals surface area (Å²) in [6.07, 6.45) is 0.711. The van der Waals surface area contributed by atoms with E-state index in [1.54, 1.807) is 18.3 Å². The summed E-state index contributed by atoms with van der Waals surface area (Å²) < 4.78 is 39.9. The summed E-state index contributed by atoms with van der Waals surface area (Å²) in [6, 6.07) is 11.0. The number of anilines is 1. The maximum absolute atomic E-state index is 13.3. The van der Waals surface area contributed by atoms with Gasteiger partial charge in [-0.3, -0.25) is 9.88 Å². The lowest BCUT2D eigenvalue weighted by molar-refractivity contribution is -0.137. The number of piperidine rings is 1. The highest BCUT2D eigenvalue weighted by molar-refractivity contribution is 5.97. The molecule has 2 aromatic carbocycles. The molecule has 1 aromatic heterocycles. The van der Waals surface area contributed by atoms with Crippen molar-refractivity contribution in [2.45, 2.75) is 38.4 Å². The van der Waals surface area contributed by atoms with Crippen molar-refractivity contribution in [1.82, 2.24) is 14.8 Å². The van der Waals surface area contributed by atoms with E-state index >= 15 is 0 Å². The van der Waals surface area contributed by atoms with Crippen LogP contribution in [0.3, 0.4) is 0 Å². The number of alkyl halides is 3. The summed E-state index contributed by atoms with van der Waals surface area (Å²) >= 11 is 0. The SMILES string of the molecule is CCN1CCN(C(c2ccc(C(F)(F)F)cc2)c2cc(N3CCCCC3)c3cccnc3c2O)CC1. The molecule has 2 aliphatic heterocycles. The number of pyridine rings is 1. The van der Waals surface area contributed by atoms with Gasteiger partial charge in [-0.1, -0.05) is 19.1 Å². The Bertz CT molecular complexity index is 1180. The molecule has 2 saturated heterocycles. The Labute approximate surface area is 210 Å². The minimum absolute atomic E-state index is 0.106. The Balaban J connectivity index is 1.64. The summed E-state index contributed by atoms with van der Waals surface area (Å²) in [4.78, 5) is 11.5. The Kier molecular flexibility index (Phi) is 7.08. The Morgan fingerprint density at radius 1 is 0.944 bits per heavy atom. The third-order valence-corrected chi connectivity index (χ3v) is 7.64. The van der Waals surface area contributed by atoms with Crippen molar-refractivity contribution in [3.63, 3.8) is 0 Å². The van der Waals surface area contributed by atoms with Crippen LogP contribution in [-0.4, -0.2) is 65.7 Å². The van der Waals surface area contributed by atoms with Crippen LogP contribution in [0.15, 0.2) is 48.7 Å². The lowest BCUT2D eigenvalue weighted by atomic mass is 9.92. The van der Waals surface area contributed by atoms with Crippen LogP contribution in [-0.2, 0) is 6.18 Å².